The van der Waals surface area contributed by atoms with E-state index in [1.807, 2.05) is 19.1 Å². The highest BCUT2D eigenvalue weighted by atomic mass is 16.1. The van der Waals surface area contributed by atoms with E-state index in [1.54, 1.807) is 12.1 Å². The minimum Gasteiger partial charge on any atom is -0.364 e. The van der Waals surface area contributed by atoms with Gasteiger partial charge in [-0.1, -0.05) is 0 Å². The molecule has 2 heterocycles. The number of amides is 1. The van der Waals surface area contributed by atoms with Gasteiger partial charge in [0, 0.05) is 5.69 Å². The van der Waals surface area contributed by atoms with Crippen molar-refractivity contribution < 1.29 is 4.79 Å². The summed E-state index contributed by atoms with van der Waals surface area (Å²) in [7, 11) is 0. The lowest BCUT2D eigenvalue weighted by atomic mass is 10.2. The zero-order valence-electron chi connectivity index (χ0n) is 7.69. The first-order valence-corrected chi connectivity index (χ1v) is 4.21. The van der Waals surface area contributed by atoms with E-state index >= 15 is 0 Å². The second kappa shape index (κ2) is 3.06. The Morgan fingerprint density at radius 2 is 1.79 bits per heavy atom. The molecule has 0 aliphatic rings. The Hall–Kier alpha value is -1.97. The largest absolute Gasteiger partial charge is 0.364 e. The fraction of sp³-hybridized carbons (Fsp3) is 0.100. The van der Waals surface area contributed by atoms with Gasteiger partial charge in [0.25, 0.3) is 5.91 Å². The molecule has 0 aliphatic heterocycles. The van der Waals surface area contributed by atoms with Crippen LogP contribution in [0.5, 0.6) is 0 Å². The number of rotatable bonds is 1. The summed E-state index contributed by atoms with van der Waals surface area (Å²) in [4.78, 5) is 19.2. The molecular weight excluding hydrogens is 178 g/mol. The van der Waals surface area contributed by atoms with Gasteiger partial charge in [-0.25, -0.2) is 4.98 Å². The number of hydrogen-bond acceptors (Lipinski definition) is 3. The SMILES string of the molecule is Cc1ccc2nc(C(N)=O)ccc2n1. The van der Waals surface area contributed by atoms with Crippen LogP contribution in [0.15, 0.2) is 24.3 Å². The minimum atomic E-state index is -0.521. The highest BCUT2D eigenvalue weighted by molar-refractivity contribution is 5.93. The number of nitrogens with zero attached hydrogens (tertiary/aromatic N) is 2. The van der Waals surface area contributed by atoms with Gasteiger partial charge < -0.3 is 5.73 Å². The summed E-state index contributed by atoms with van der Waals surface area (Å²) in [5, 5.41) is 0. The Labute approximate surface area is 80.8 Å². The number of hydrogen-bond donors (Lipinski definition) is 1. The van der Waals surface area contributed by atoms with E-state index < -0.39 is 5.91 Å². The molecule has 0 saturated heterocycles. The van der Waals surface area contributed by atoms with Crippen LogP contribution in [0, 0.1) is 6.92 Å². The summed E-state index contributed by atoms with van der Waals surface area (Å²) in [6, 6.07) is 7.00. The smallest absolute Gasteiger partial charge is 0.267 e. The Bertz CT molecular complexity index is 508. The maximum absolute atomic E-state index is 10.9. The number of fused-ring (bicyclic) bond motifs is 1. The first-order chi connectivity index (χ1) is 6.66. The van der Waals surface area contributed by atoms with Crippen LogP contribution in [0.2, 0.25) is 0 Å². The van der Waals surface area contributed by atoms with Gasteiger partial charge in [0.1, 0.15) is 5.69 Å². The van der Waals surface area contributed by atoms with Crippen LogP contribution in [-0.4, -0.2) is 15.9 Å². The Morgan fingerprint density at radius 3 is 2.50 bits per heavy atom. The van der Waals surface area contributed by atoms with Gasteiger partial charge >= 0.3 is 0 Å². The van der Waals surface area contributed by atoms with Crippen molar-refractivity contribution in [3.05, 3.63) is 35.7 Å². The standard InChI is InChI=1S/C10H9N3O/c1-6-2-3-8-7(12-6)4-5-9(13-8)10(11)14/h2-5H,1H3,(H2,11,14). The highest BCUT2D eigenvalue weighted by Crippen LogP contribution is 2.10. The summed E-state index contributed by atoms with van der Waals surface area (Å²) < 4.78 is 0. The van der Waals surface area contributed by atoms with Gasteiger partial charge in [0.2, 0.25) is 0 Å². The Kier molecular flexibility index (Phi) is 1.89. The monoisotopic (exact) mass is 187 g/mol. The van der Waals surface area contributed by atoms with Crippen molar-refractivity contribution in [1.82, 2.24) is 9.97 Å². The molecule has 2 aromatic rings. The molecule has 0 atom stereocenters. The van der Waals surface area contributed by atoms with E-state index in [1.165, 1.54) is 0 Å². The molecule has 0 bridgehead atoms. The quantitative estimate of drug-likeness (QED) is 0.725. The normalized spacial score (nSPS) is 10.4. The van der Waals surface area contributed by atoms with E-state index in [9.17, 15) is 4.79 Å². The molecule has 0 unspecified atom stereocenters. The molecule has 1 amide bonds. The number of pyridine rings is 2. The summed E-state index contributed by atoms with van der Waals surface area (Å²) >= 11 is 0. The lowest BCUT2D eigenvalue weighted by molar-refractivity contribution is 0.0996. The van der Waals surface area contributed by atoms with E-state index in [4.69, 9.17) is 5.73 Å². The predicted molar refractivity (Wildman–Crippen MR) is 52.8 cm³/mol. The lowest BCUT2D eigenvalue weighted by Gasteiger charge is -1.99. The first-order valence-electron chi connectivity index (χ1n) is 4.21. The van der Waals surface area contributed by atoms with Crippen molar-refractivity contribution in [1.29, 1.82) is 0 Å². The summed E-state index contributed by atoms with van der Waals surface area (Å²) in [6.07, 6.45) is 0. The molecule has 0 saturated carbocycles. The third-order valence-electron chi connectivity index (χ3n) is 1.93. The van der Waals surface area contributed by atoms with Crippen LogP contribution in [0.4, 0.5) is 0 Å². The van der Waals surface area contributed by atoms with Gasteiger partial charge in [-0.15, -0.1) is 0 Å². The third-order valence-corrected chi connectivity index (χ3v) is 1.93. The molecule has 2 aromatic heterocycles. The molecule has 0 radical (unpaired) electrons. The van der Waals surface area contributed by atoms with Crippen molar-refractivity contribution in [3.8, 4) is 0 Å². The minimum absolute atomic E-state index is 0.267. The fourth-order valence-electron chi connectivity index (χ4n) is 1.25. The first kappa shape index (κ1) is 8.62. The fourth-order valence-corrected chi connectivity index (χ4v) is 1.25. The van der Waals surface area contributed by atoms with Crippen molar-refractivity contribution in [2.24, 2.45) is 5.73 Å². The molecule has 4 nitrogen and oxygen atoms in total. The summed E-state index contributed by atoms with van der Waals surface area (Å²) in [6.45, 7) is 1.90. The molecule has 2 rings (SSSR count). The van der Waals surface area contributed by atoms with Crippen LogP contribution < -0.4 is 5.73 Å². The number of aryl methyl sites for hydroxylation is 1. The maximum Gasteiger partial charge on any atom is 0.267 e. The van der Waals surface area contributed by atoms with Gasteiger partial charge in [0.05, 0.1) is 11.0 Å². The van der Waals surface area contributed by atoms with Crippen LogP contribution >= 0.6 is 0 Å². The molecule has 0 aromatic carbocycles. The van der Waals surface area contributed by atoms with Gasteiger partial charge in [-0.05, 0) is 31.2 Å². The van der Waals surface area contributed by atoms with E-state index in [0.29, 0.717) is 5.52 Å². The third kappa shape index (κ3) is 1.42. The second-order valence-corrected chi connectivity index (χ2v) is 3.05. The van der Waals surface area contributed by atoms with Crippen LogP contribution in [0.25, 0.3) is 11.0 Å². The average Bonchev–Trinajstić information content (AvgIpc) is 2.16. The summed E-state index contributed by atoms with van der Waals surface area (Å²) in [5.74, 6) is -0.521. The van der Waals surface area contributed by atoms with Crippen molar-refractivity contribution in [3.63, 3.8) is 0 Å². The van der Waals surface area contributed by atoms with Crippen LogP contribution in [0.3, 0.4) is 0 Å². The topological polar surface area (TPSA) is 68.9 Å². The molecule has 14 heavy (non-hydrogen) atoms. The van der Waals surface area contributed by atoms with E-state index in [-0.39, 0.29) is 5.69 Å². The molecule has 2 N–H and O–H groups in total. The molecule has 70 valence electrons. The van der Waals surface area contributed by atoms with Crippen LogP contribution in [-0.2, 0) is 0 Å². The Balaban J connectivity index is 2.67. The van der Waals surface area contributed by atoms with Crippen molar-refractivity contribution >= 4 is 16.9 Å². The highest BCUT2D eigenvalue weighted by Gasteiger charge is 2.03. The number of carbonyl (C=O) groups excluding carboxylic acids is 1. The van der Waals surface area contributed by atoms with Gasteiger partial charge in [-0.3, -0.25) is 9.78 Å². The van der Waals surface area contributed by atoms with E-state index in [2.05, 4.69) is 9.97 Å². The zero-order valence-corrected chi connectivity index (χ0v) is 7.69. The predicted octanol–water partition coefficient (Wildman–Crippen LogP) is 1.04. The number of nitrogens with two attached hydrogens (primary N) is 1. The van der Waals surface area contributed by atoms with Gasteiger partial charge in [0.15, 0.2) is 0 Å². The second-order valence-electron chi connectivity index (χ2n) is 3.05. The molecule has 0 spiro atoms. The molecule has 0 fully saturated rings. The molecular formula is C10H9N3O. The van der Waals surface area contributed by atoms with Crippen molar-refractivity contribution in [2.75, 3.05) is 0 Å². The van der Waals surface area contributed by atoms with Gasteiger partial charge in [-0.2, -0.15) is 0 Å². The molecule has 4 heteroatoms. The van der Waals surface area contributed by atoms with Crippen LogP contribution in [0.1, 0.15) is 16.2 Å². The Morgan fingerprint density at radius 1 is 1.14 bits per heavy atom. The number of primary amides is 1. The molecule has 0 aliphatic carbocycles. The lowest BCUT2D eigenvalue weighted by Crippen LogP contribution is -2.12. The average molecular weight is 187 g/mol. The summed E-state index contributed by atoms with van der Waals surface area (Å²) in [5.41, 5.74) is 7.76. The van der Waals surface area contributed by atoms with Crippen molar-refractivity contribution in [2.45, 2.75) is 6.92 Å². The number of aromatic nitrogens is 2. The number of carbonyl (C=O) groups is 1. The zero-order chi connectivity index (χ0) is 10.1. The maximum atomic E-state index is 10.9. The van der Waals surface area contributed by atoms with E-state index in [0.717, 1.165) is 11.2 Å².